The summed E-state index contributed by atoms with van der Waals surface area (Å²) in [5, 5.41) is 13.8. The summed E-state index contributed by atoms with van der Waals surface area (Å²) in [6.45, 7) is 3.27. The average Bonchev–Trinajstić information content (AvgIpc) is 2.60. The van der Waals surface area contributed by atoms with E-state index < -0.39 is 28.9 Å². The van der Waals surface area contributed by atoms with Crippen LogP contribution in [0.3, 0.4) is 0 Å². The highest BCUT2D eigenvalue weighted by atomic mass is 32.1. The van der Waals surface area contributed by atoms with E-state index in [1.54, 1.807) is 0 Å². The molecule has 0 unspecified atom stereocenters. The van der Waals surface area contributed by atoms with Gasteiger partial charge in [-0.3, -0.25) is 4.79 Å². The smallest absolute Gasteiger partial charge is 0.332 e. The van der Waals surface area contributed by atoms with Gasteiger partial charge in [0.25, 0.3) is 0 Å². The molecule has 0 saturated heterocycles. The number of ketones is 1. The number of allylic oxidation sites excluding steroid dienone is 1. The van der Waals surface area contributed by atoms with Crippen LogP contribution in [-0.4, -0.2) is 10.9 Å². The van der Waals surface area contributed by atoms with E-state index in [9.17, 15) is 22.4 Å². The van der Waals surface area contributed by atoms with Crippen molar-refractivity contribution in [2.75, 3.05) is 10.6 Å². The Labute approximate surface area is 157 Å². The number of anilines is 2. The zero-order valence-electron chi connectivity index (χ0n) is 13.5. The Kier molecular flexibility index (Phi) is 5.92. The molecule has 2 N–H and O–H groups in total. The second-order valence-corrected chi connectivity index (χ2v) is 5.62. The lowest BCUT2D eigenvalue weighted by Gasteiger charge is -2.14. The van der Waals surface area contributed by atoms with Crippen LogP contribution in [0.5, 0.6) is 0 Å². The molecule has 4 nitrogen and oxygen atoms in total. The topological polar surface area (TPSA) is 64.9 Å². The van der Waals surface area contributed by atoms with Crippen molar-refractivity contribution in [3.8, 4) is 6.07 Å². The quantitative estimate of drug-likeness (QED) is 0.335. The lowest BCUT2D eigenvalue weighted by atomic mass is 10.1. The summed E-state index contributed by atoms with van der Waals surface area (Å²) >= 11 is 4.99. The highest BCUT2D eigenvalue weighted by molar-refractivity contribution is 7.80. The van der Waals surface area contributed by atoms with Gasteiger partial charge in [-0.2, -0.15) is 18.4 Å². The number of halogens is 4. The van der Waals surface area contributed by atoms with Gasteiger partial charge in [-0.25, -0.2) is 4.39 Å². The van der Waals surface area contributed by atoms with E-state index in [2.05, 4.69) is 17.2 Å². The van der Waals surface area contributed by atoms with Crippen LogP contribution < -0.4 is 10.6 Å². The highest BCUT2D eigenvalue weighted by Gasteiger charge is 2.33. The molecule has 0 aliphatic carbocycles. The minimum Gasteiger partial charge on any atom is -0.332 e. The van der Waals surface area contributed by atoms with E-state index in [0.29, 0.717) is 0 Å². The highest BCUT2D eigenvalue weighted by Crippen LogP contribution is 2.33. The largest absolute Gasteiger partial charge is 0.417 e. The maximum atomic E-state index is 13.9. The van der Waals surface area contributed by atoms with Crippen LogP contribution in [0.25, 0.3) is 0 Å². The molecule has 0 amide bonds. The standard InChI is InChI=1S/C18H11F4N3OS/c1-2-16(26)13-6-5-12(8-15(13)19)25-17(27)24-11-4-3-10(9-23)14(7-11)18(20,21)22/h2-8H,1H2,(H2,24,25,27). The van der Waals surface area contributed by atoms with E-state index in [0.717, 1.165) is 24.3 Å². The Morgan fingerprint density at radius 1 is 1.15 bits per heavy atom. The third-order valence-corrected chi connectivity index (χ3v) is 3.59. The number of carbonyl (C=O) groups is 1. The lowest BCUT2D eigenvalue weighted by molar-refractivity contribution is -0.137. The van der Waals surface area contributed by atoms with Gasteiger partial charge in [0.1, 0.15) is 5.82 Å². The van der Waals surface area contributed by atoms with Gasteiger partial charge in [-0.05, 0) is 54.7 Å². The number of nitriles is 1. The van der Waals surface area contributed by atoms with Crippen LogP contribution in [0.15, 0.2) is 49.1 Å². The number of carbonyl (C=O) groups excluding carboxylic acids is 1. The molecule has 0 aliphatic heterocycles. The monoisotopic (exact) mass is 393 g/mol. The molecule has 2 aromatic rings. The number of benzene rings is 2. The number of alkyl halides is 3. The fourth-order valence-corrected chi connectivity index (χ4v) is 2.39. The molecule has 0 aromatic heterocycles. The summed E-state index contributed by atoms with van der Waals surface area (Å²) in [6.07, 6.45) is -3.73. The van der Waals surface area contributed by atoms with Crippen molar-refractivity contribution in [1.29, 1.82) is 5.26 Å². The number of rotatable bonds is 4. The fraction of sp³-hybridized carbons (Fsp3) is 0.0556. The molecule has 0 atom stereocenters. The van der Waals surface area contributed by atoms with Gasteiger partial charge >= 0.3 is 6.18 Å². The first-order valence-corrected chi connectivity index (χ1v) is 7.72. The molecule has 0 bridgehead atoms. The van der Waals surface area contributed by atoms with Gasteiger partial charge in [0.15, 0.2) is 10.9 Å². The van der Waals surface area contributed by atoms with Crippen molar-refractivity contribution in [3.05, 3.63) is 71.6 Å². The normalized spacial score (nSPS) is 10.6. The maximum absolute atomic E-state index is 13.9. The molecule has 2 aromatic carbocycles. The van der Waals surface area contributed by atoms with E-state index in [-0.39, 0.29) is 22.1 Å². The Morgan fingerprint density at radius 3 is 2.26 bits per heavy atom. The average molecular weight is 393 g/mol. The van der Waals surface area contributed by atoms with Crippen molar-refractivity contribution in [2.24, 2.45) is 0 Å². The number of hydrogen-bond acceptors (Lipinski definition) is 3. The van der Waals surface area contributed by atoms with Crippen LogP contribution in [-0.2, 0) is 6.18 Å². The summed E-state index contributed by atoms with van der Waals surface area (Å²) in [6, 6.07) is 8.13. The van der Waals surface area contributed by atoms with Crippen LogP contribution >= 0.6 is 12.2 Å². The first kappa shape index (κ1) is 20.1. The van der Waals surface area contributed by atoms with Crippen molar-refractivity contribution < 1.29 is 22.4 Å². The molecule has 0 saturated carbocycles. The zero-order valence-corrected chi connectivity index (χ0v) is 14.3. The van der Waals surface area contributed by atoms with Crippen molar-refractivity contribution >= 4 is 34.5 Å². The Balaban J connectivity index is 2.17. The maximum Gasteiger partial charge on any atom is 0.417 e. The van der Waals surface area contributed by atoms with Gasteiger partial charge in [0.05, 0.1) is 22.8 Å². The van der Waals surface area contributed by atoms with Gasteiger partial charge in [0, 0.05) is 11.4 Å². The second kappa shape index (κ2) is 7.97. The Morgan fingerprint density at radius 2 is 1.74 bits per heavy atom. The van der Waals surface area contributed by atoms with Gasteiger partial charge in [-0.15, -0.1) is 0 Å². The predicted octanol–water partition coefficient (Wildman–Crippen LogP) is 4.89. The van der Waals surface area contributed by atoms with Gasteiger partial charge < -0.3 is 10.6 Å². The Hall–Kier alpha value is -3.25. The van der Waals surface area contributed by atoms with Gasteiger partial charge in [-0.1, -0.05) is 6.58 Å². The summed E-state index contributed by atoms with van der Waals surface area (Å²) < 4.78 is 52.8. The van der Waals surface area contributed by atoms with Gasteiger partial charge in [0.2, 0.25) is 0 Å². The zero-order chi connectivity index (χ0) is 20.2. The first-order valence-electron chi connectivity index (χ1n) is 7.31. The third-order valence-electron chi connectivity index (χ3n) is 3.38. The third kappa shape index (κ3) is 4.89. The number of nitrogens with zero attached hydrogens (tertiary/aromatic N) is 1. The second-order valence-electron chi connectivity index (χ2n) is 5.21. The first-order chi connectivity index (χ1) is 12.7. The molecular formula is C18H11F4N3OS. The van der Waals surface area contributed by atoms with Crippen LogP contribution in [0, 0.1) is 17.1 Å². The number of hydrogen-bond donors (Lipinski definition) is 2. The molecule has 9 heteroatoms. The van der Waals surface area contributed by atoms with Crippen LogP contribution in [0.2, 0.25) is 0 Å². The van der Waals surface area contributed by atoms with Crippen LogP contribution in [0.4, 0.5) is 28.9 Å². The minimum absolute atomic E-state index is 0.00208. The molecule has 0 heterocycles. The van der Waals surface area contributed by atoms with E-state index in [1.165, 1.54) is 24.3 Å². The lowest BCUT2D eigenvalue weighted by Crippen LogP contribution is -2.20. The molecule has 0 fully saturated rings. The number of thiocarbonyl (C=S) groups is 1. The fourth-order valence-electron chi connectivity index (χ4n) is 2.15. The van der Waals surface area contributed by atoms with Crippen molar-refractivity contribution in [2.45, 2.75) is 6.18 Å². The summed E-state index contributed by atoms with van der Waals surface area (Å²) in [5.74, 6) is -1.39. The van der Waals surface area contributed by atoms with E-state index in [1.807, 2.05) is 0 Å². The molecule has 138 valence electrons. The van der Waals surface area contributed by atoms with Crippen molar-refractivity contribution in [1.82, 2.24) is 0 Å². The molecule has 0 spiro atoms. The Bertz CT molecular complexity index is 964. The van der Waals surface area contributed by atoms with Crippen molar-refractivity contribution in [3.63, 3.8) is 0 Å². The molecule has 0 radical (unpaired) electrons. The van der Waals surface area contributed by atoms with E-state index in [4.69, 9.17) is 17.5 Å². The number of nitrogens with one attached hydrogen (secondary N) is 2. The van der Waals surface area contributed by atoms with Crippen LogP contribution in [0.1, 0.15) is 21.5 Å². The predicted molar refractivity (Wildman–Crippen MR) is 96.9 cm³/mol. The summed E-state index contributed by atoms with van der Waals surface area (Å²) in [5.41, 5.74) is -1.60. The van der Waals surface area contributed by atoms with E-state index >= 15 is 0 Å². The molecular weight excluding hydrogens is 382 g/mol. The minimum atomic E-state index is -4.70. The summed E-state index contributed by atoms with van der Waals surface area (Å²) in [7, 11) is 0. The molecule has 0 aliphatic rings. The molecule has 2 rings (SSSR count). The SMILES string of the molecule is C=CC(=O)c1ccc(NC(=S)Nc2ccc(C#N)c(C(F)(F)F)c2)cc1F. The molecule has 27 heavy (non-hydrogen) atoms. The summed E-state index contributed by atoms with van der Waals surface area (Å²) in [4.78, 5) is 11.4.